The number of amides is 1. The van der Waals surface area contributed by atoms with Crippen LogP contribution in [0.1, 0.15) is 33.6 Å². The Morgan fingerprint density at radius 1 is 1.15 bits per heavy atom. The Bertz CT molecular complexity index is 1100. The van der Waals surface area contributed by atoms with E-state index in [2.05, 4.69) is 25.9 Å². The number of carbonyl (C=O) groups excluding carboxylic acids is 1. The Morgan fingerprint density at radius 3 is 2.30 bits per heavy atom. The first kappa shape index (κ1) is 24.2. The maximum absolute atomic E-state index is 14.9. The van der Waals surface area contributed by atoms with Crippen LogP contribution >= 0.6 is 27.7 Å². The minimum absolute atomic E-state index is 0.00587. The summed E-state index contributed by atoms with van der Waals surface area (Å²) in [7, 11) is 0. The van der Waals surface area contributed by atoms with Gasteiger partial charge in [-0.3, -0.25) is 4.90 Å². The Hall–Kier alpha value is -1.89. The van der Waals surface area contributed by atoms with E-state index in [0.717, 1.165) is 6.07 Å². The largest absolute Gasteiger partial charge is 0.446 e. The van der Waals surface area contributed by atoms with E-state index >= 15 is 0 Å². The van der Waals surface area contributed by atoms with Crippen molar-refractivity contribution in [3.05, 3.63) is 22.4 Å². The summed E-state index contributed by atoms with van der Waals surface area (Å²) in [6.45, 7) is 5.80. The summed E-state index contributed by atoms with van der Waals surface area (Å²) in [6, 6.07) is 0.601. The summed E-state index contributed by atoms with van der Waals surface area (Å²) in [5, 5.41) is -0.0334. The standard InChI is InChI=1S/C20H20BrF5N4O2S/c1-19(2,3)32-18(31)30-9-4-5-10(30)8-29(7-9)16-11-6-12(33-20(24,25)26)13(21)14(22)15(11)27-17(23)28-16/h6,9-10H,4-5,7-8H2,1-3H3. The van der Waals surface area contributed by atoms with Gasteiger partial charge in [0, 0.05) is 23.4 Å². The van der Waals surface area contributed by atoms with Gasteiger partial charge in [0.05, 0.1) is 16.6 Å². The second kappa shape index (κ2) is 8.40. The van der Waals surface area contributed by atoms with Gasteiger partial charge in [0.15, 0.2) is 5.82 Å². The Balaban J connectivity index is 1.71. The smallest absolute Gasteiger partial charge is 0.444 e. The minimum atomic E-state index is -4.65. The molecule has 6 nitrogen and oxygen atoms in total. The molecule has 0 N–H and O–H groups in total. The van der Waals surface area contributed by atoms with Gasteiger partial charge in [0.1, 0.15) is 16.9 Å². The maximum atomic E-state index is 14.9. The predicted octanol–water partition coefficient (Wildman–Crippen LogP) is 5.87. The van der Waals surface area contributed by atoms with Crippen LogP contribution in [0.2, 0.25) is 0 Å². The highest BCUT2D eigenvalue weighted by molar-refractivity contribution is 9.10. The zero-order chi connectivity index (χ0) is 24.3. The molecule has 2 aliphatic heterocycles. The van der Waals surface area contributed by atoms with E-state index in [9.17, 15) is 26.7 Å². The van der Waals surface area contributed by atoms with Crippen molar-refractivity contribution in [3.63, 3.8) is 0 Å². The van der Waals surface area contributed by atoms with Crippen LogP contribution in [-0.4, -0.2) is 57.2 Å². The maximum Gasteiger partial charge on any atom is 0.446 e. The van der Waals surface area contributed by atoms with E-state index < -0.39 is 55.7 Å². The van der Waals surface area contributed by atoms with Crippen molar-refractivity contribution in [3.8, 4) is 0 Å². The molecule has 0 spiro atoms. The van der Waals surface area contributed by atoms with Gasteiger partial charge < -0.3 is 9.64 Å². The van der Waals surface area contributed by atoms with Gasteiger partial charge >= 0.3 is 17.7 Å². The van der Waals surface area contributed by atoms with E-state index in [0.29, 0.717) is 12.8 Å². The van der Waals surface area contributed by atoms with Crippen LogP contribution in [0.3, 0.4) is 0 Å². The SMILES string of the molecule is CC(C)(C)OC(=O)N1C2CCC1CN(c1nc(F)nc3c(F)c(Br)c(SC(F)(F)F)cc13)C2. The van der Waals surface area contributed by atoms with Gasteiger partial charge in [0.25, 0.3) is 0 Å². The molecule has 1 aromatic carbocycles. The highest BCUT2D eigenvalue weighted by Crippen LogP contribution is 2.44. The van der Waals surface area contributed by atoms with E-state index in [-0.39, 0.29) is 36.4 Å². The number of thioether (sulfide) groups is 1. The van der Waals surface area contributed by atoms with Gasteiger partial charge in [-0.05, 0) is 67.4 Å². The Labute approximate surface area is 199 Å². The Morgan fingerprint density at radius 2 is 1.76 bits per heavy atom. The average Bonchev–Trinajstić information content (AvgIpc) is 2.94. The molecule has 0 saturated carbocycles. The third-order valence-electron chi connectivity index (χ3n) is 5.40. The molecule has 2 unspecified atom stereocenters. The number of halogens is 6. The lowest BCUT2D eigenvalue weighted by molar-refractivity contribution is -0.0328. The van der Waals surface area contributed by atoms with Crippen molar-refractivity contribution in [2.24, 2.45) is 0 Å². The molecular weight excluding hydrogens is 535 g/mol. The number of ether oxygens (including phenoxy) is 1. The molecule has 2 saturated heterocycles. The number of rotatable bonds is 2. The molecule has 2 aromatic rings. The zero-order valence-electron chi connectivity index (χ0n) is 17.8. The van der Waals surface area contributed by atoms with Crippen LogP contribution in [-0.2, 0) is 4.74 Å². The summed E-state index contributed by atoms with van der Waals surface area (Å²) in [5.41, 5.74) is -5.74. The van der Waals surface area contributed by atoms with E-state index in [1.165, 1.54) is 0 Å². The van der Waals surface area contributed by atoms with Gasteiger partial charge in [-0.2, -0.15) is 27.5 Å². The molecule has 1 aromatic heterocycles. The molecule has 180 valence electrons. The summed E-state index contributed by atoms with van der Waals surface area (Å²) in [6.07, 6.45) is -0.282. The predicted molar refractivity (Wildman–Crippen MR) is 116 cm³/mol. The third-order valence-corrected chi connectivity index (χ3v) is 7.21. The highest BCUT2D eigenvalue weighted by atomic mass is 79.9. The Kier molecular flexibility index (Phi) is 6.17. The number of benzene rings is 1. The fourth-order valence-electron chi connectivity index (χ4n) is 4.27. The first-order chi connectivity index (χ1) is 15.2. The number of aromatic nitrogens is 2. The van der Waals surface area contributed by atoms with Crippen LogP contribution in [0.15, 0.2) is 15.4 Å². The topological polar surface area (TPSA) is 58.6 Å². The van der Waals surface area contributed by atoms with Crippen LogP contribution in [0.4, 0.5) is 32.6 Å². The molecular formula is C20H20BrF5N4O2S. The number of carbonyl (C=O) groups is 1. The molecule has 33 heavy (non-hydrogen) atoms. The average molecular weight is 555 g/mol. The lowest BCUT2D eigenvalue weighted by atomic mass is 10.1. The molecule has 2 atom stereocenters. The zero-order valence-corrected chi connectivity index (χ0v) is 20.2. The molecule has 0 radical (unpaired) electrons. The van der Waals surface area contributed by atoms with Crippen molar-refractivity contribution in [2.75, 3.05) is 18.0 Å². The lowest BCUT2D eigenvalue weighted by Crippen LogP contribution is -2.57. The first-order valence-corrected chi connectivity index (χ1v) is 11.7. The highest BCUT2D eigenvalue weighted by Gasteiger charge is 2.45. The molecule has 1 amide bonds. The van der Waals surface area contributed by atoms with Crippen LogP contribution in [0.5, 0.6) is 0 Å². The fraction of sp³-hybridized carbons (Fsp3) is 0.550. The lowest BCUT2D eigenvalue weighted by Gasteiger charge is -2.42. The second-order valence-electron chi connectivity index (χ2n) is 8.94. The fourth-order valence-corrected chi connectivity index (χ4v) is 5.42. The minimum Gasteiger partial charge on any atom is -0.444 e. The number of nitrogens with zero attached hydrogens (tertiary/aromatic N) is 4. The van der Waals surface area contributed by atoms with Crippen LogP contribution in [0.25, 0.3) is 10.9 Å². The number of hydrogen-bond donors (Lipinski definition) is 0. The number of alkyl halides is 3. The van der Waals surface area contributed by atoms with Gasteiger partial charge in [-0.25, -0.2) is 9.18 Å². The van der Waals surface area contributed by atoms with E-state index in [4.69, 9.17) is 4.74 Å². The summed E-state index contributed by atoms with van der Waals surface area (Å²) >= 11 is 2.34. The molecule has 2 aliphatic rings. The van der Waals surface area contributed by atoms with E-state index in [1.54, 1.807) is 30.6 Å². The molecule has 0 aliphatic carbocycles. The number of piperazine rings is 1. The summed E-state index contributed by atoms with van der Waals surface area (Å²) in [4.78, 5) is 22.9. The molecule has 2 bridgehead atoms. The number of fused-ring (bicyclic) bond motifs is 3. The number of anilines is 1. The summed E-state index contributed by atoms with van der Waals surface area (Å²) < 4.78 is 73.1. The van der Waals surface area contributed by atoms with Crippen molar-refractivity contribution >= 4 is 50.5 Å². The van der Waals surface area contributed by atoms with Gasteiger partial charge in [-0.1, -0.05) is 0 Å². The molecule has 13 heteroatoms. The van der Waals surface area contributed by atoms with Crippen molar-refractivity contribution in [2.45, 2.75) is 61.7 Å². The molecule has 2 fully saturated rings. The second-order valence-corrected chi connectivity index (χ2v) is 10.8. The van der Waals surface area contributed by atoms with E-state index in [1.807, 2.05) is 0 Å². The quantitative estimate of drug-likeness (QED) is 0.263. The van der Waals surface area contributed by atoms with Crippen LogP contribution in [0, 0.1) is 11.9 Å². The van der Waals surface area contributed by atoms with Gasteiger partial charge in [0.2, 0.25) is 0 Å². The summed E-state index contributed by atoms with van der Waals surface area (Å²) in [5.74, 6) is -1.11. The monoisotopic (exact) mass is 554 g/mol. The number of hydrogen-bond acceptors (Lipinski definition) is 6. The normalized spacial score (nSPS) is 21.1. The third kappa shape index (κ3) is 4.98. The van der Waals surface area contributed by atoms with Crippen LogP contribution < -0.4 is 4.90 Å². The molecule has 4 rings (SSSR count). The van der Waals surface area contributed by atoms with Crippen molar-refractivity contribution in [1.29, 1.82) is 0 Å². The first-order valence-electron chi connectivity index (χ1n) is 10.1. The van der Waals surface area contributed by atoms with Crippen molar-refractivity contribution in [1.82, 2.24) is 14.9 Å². The van der Waals surface area contributed by atoms with Gasteiger partial charge in [-0.15, -0.1) is 0 Å². The molecule has 3 heterocycles. The van der Waals surface area contributed by atoms with Crippen molar-refractivity contribution < 1.29 is 31.5 Å².